The molecule has 2 aliphatic rings. The molecule has 0 aromatic carbocycles. The van der Waals surface area contributed by atoms with Gasteiger partial charge < -0.3 is 30.4 Å². The third kappa shape index (κ3) is 6.99. The first-order valence-electron chi connectivity index (χ1n) is 13.5. The highest BCUT2D eigenvalue weighted by Gasteiger charge is 2.61. The smallest absolute Gasteiger partial charge is 0.457 e. The van der Waals surface area contributed by atoms with Gasteiger partial charge in [-0.1, -0.05) is 33.6 Å². The van der Waals surface area contributed by atoms with Gasteiger partial charge >= 0.3 is 13.2 Å². The molecular formula is C27H50BN3O6. The minimum atomic E-state index is -1.15. The van der Waals surface area contributed by atoms with Gasteiger partial charge in [-0.15, -0.1) is 0 Å². The third-order valence-electron chi connectivity index (χ3n) is 8.52. The van der Waals surface area contributed by atoms with E-state index in [-0.39, 0.29) is 30.3 Å². The van der Waals surface area contributed by atoms with Crippen molar-refractivity contribution in [1.82, 2.24) is 16.0 Å². The summed E-state index contributed by atoms with van der Waals surface area (Å²) >= 11 is 0. The molecule has 1 unspecified atom stereocenters. The summed E-state index contributed by atoms with van der Waals surface area (Å²) < 4.78 is 12.2. The molecule has 4 N–H and O–H groups in total. The molecule has 1 atom stereocenters. The third-order valence-corrected chi connectivity index (χ3v) is 8.52. The van der Waals surface area contributed by atoms with E-state index in [1.54, 1.807) is 0 Å². The van der Waals surface area contributed by atoms with Crippen LogP contribution >= 0.6 is 0 Å². The first-order chi connectivity index (χ1) is 16.6. The zero-order valence-electron chi connectivity index (χ0n) is 24.9. The van der Waals surface area contributed by atoms with E-state index >= 15 is 0 Å². The highest BCUT2D eigenvalue weighted by molar-refractivity contribution is 6.45. The van der Waals surface area contributed by atoms with Crippen molar-refractivity contribution in [3.63, 3.8) is 0 Å². The van der Waals surface area contributed by atoms with E-state index < -0.39 is 33.9 Å². The highest BCUT2D eigenvalue weighted by Crippen LogP contribution is 2.54. The van der Waals surface area contributed by atoms with Gasteiger partial charge in [0, 0.05) is 18.0 Å². The van der Waals surface area contributed by atoms with Crippen molar-refractivity contribution in [3.8, 4) is 0 Å². The SMILES string of the molecule is CC(=O)NC(CCCCB1OC(C)(C)C(C)(C)O1)(C(=O)NC(C)(C)C)C1CC(NC(=O)O)(C(C)(C)C)C1. The molecule has 1 heterocycles. The van der Waals surface area contributed by atoms with Crippen LogP contribution in [0.3, 0.4) is 0 Å². The molecule has 1 saturated carbocycles. The van der Waals surface area contributed by atoms with Crippen molar-refractivity contribution in [2.24, 2.45) is 11.3 Å². The zero-order valence-corrected chi connectivity index (χ0v) is 24.9. The number of unbranched alkanes of at least 4 members (excludes halogenated alkanes) is 1. The molecule has 9 nitrogen and oxygen atoms in total. The molecule has 37 heavy (non-hydrogen) atoms. The normalized spacial score (nSPS) is 26.6. The molecule has 1 aliphatic heterocycles. The number of carbonyl (C=O) groups excluding carboxylic acids is 2. The van der Waals surface area contributed by atoms with Gasteiger partial charge in [0.15, 0.2) is 0 Å². The van der Waals surface area contributed by atoms with Crippen LogP contribution in [-0.2, 0) is 18.9 Å². The second-order valence-electron chi connectivity index (χ2n) is 14.2. The maximum absolute atomic E-state index is 13.8. The number of carboxylic acid groups (broad SMARTS) is 1. The van der Waals surface area contributed by atoms with Gasteiger partial charge in [0.2, 0.25) is 11.8 Å². The zero-order chi connectivity index (χ0) is 28.7. The summed E-state index contributed by atoms with van der Waals surface area (Å²) in [6.45, 7) is 21.2. The fourth-order valence-corrected chi connectivity index (χ4v) is 5.52. The van der Waals surface area contributed by atoms with E-state index in [0.717, 1.165) is 6.42 Å². The summed E-state index contributed by atoms with van der Waals surface area (Å²) in [5.41, 5.74) is -3.48. The Bertz CT molecular complexity index is 854. The Morgan fingerprint density at radius 2 is 1.43 bits per heavy atom. The van der Waals surface area contributed by atoms with E-state index in [2.05, 4.69) is 16.0 Å². The minimum absolute atomic E-state index is 0.221. The summed E-state index contributed by atoms with van der Waals surface area (Å²) in [6.07, 6.45) is 2.38. The fourth-order valence-electron chi connectivity index (χ4n) is 5.52. The van der Waals surface area contributed by atoms with E-state index in [0.29, 0.717) is 32.0 Å². The lowest BCUT2D eigenvalue weighted by Crippen LogP contribution is -2.74. The number of hydrogen-bond acceptors (Lipinski definition) is 5. The van der Waals surface area contributed by atoms with Gasteiger partial charge in [0.25, 0.3) is 0 Å². The molecule has 0 aromatic rings. The van der Waals surface area contributed by atoms with Crippen LogP contribution < -0.4 is 16.0 Å². The van der Waals surface area contributed by atoms with E-state index in [1.807, 2.05) is 69.2 Å². The molecule has 0 radical (unpaired) electrons. The van der Waals surface area contributed by atoms with Crippen LogP contribution in [0.25, 0.3) is 0 Å². The van der Waals surface area contributed by atoms with E-state index in [9.17, 15) is 19.5 Å². The van der Waals surface area contributed by atoms with Crippen LogP contribution in [-0.4, -0.2) is 58.0 Å². The summed E-state index contributed by atoms with van der Waals surface area (Å²) in [5, 5.41) is 18.4. The Balaban J connectivity index is 2.26. The van der Waals surface area contributed by atoms with Crippen molar-refractivity contribution < 1.29 is 28.8 Å². The standard InChI is InChI=1S/C27H50BN3O6/c1-18(32)29-27(20(33)30-23(5,6)7,19-16-26(17-19,22(2,3)4)31-21(34)35)14-12-13-15-28-36-24(8,9)25(10,11)37-28/h19,31H,12-17H2,1-11H3,(H,29,32)(H,30,33)(H,34,35). The number of carbonyl (C=O) groups is 3. The lowest BCUT2D eigenvalue weighted by atomic mass is 9.51. The molecule has 10 heteroatoms. The Labute approximate surface area is 223 Å². The van der Waals surface area contributed by atoms with Gasteiger partial charge in [-0.2, -0.15) is 0 Å². The van der Waals surface area contributed by atoms with Gasteiger partial charge in [-0.25, -0.2) is 4.79 Å². The van der Waals surface area contributed by atoms with Crippen molar-refractivity contribution >= 4 is 25.0 Å². The number of hydrogen-bond donors (Lipinski definition) is 4. The molecule has 2 rings (SSSR count). The summed E-state index contributed by atoms with van der Waals surface area (Å²) in [7, 11) is -0.319. The summed E-state index contributed by atoms with van der Waals surface area (Å²) in [4.78, 5) is 38.0. The van der Waals surface area contributed by atoms with Gasteiger partial charge in [0.05, 0.1) is 11.2 Å². The molecule has 0 spiro atoms. The maximum atomic E-state index is 13.8. The predicted molar refractivity (Wildman–Crippen MR) is 145 cm³/mol. The number of rotatable bonds is 9. The topological polar surface area (TPSA) is 126 Å². The van der Waals surface area contributed by atoms with Crippen LogP contribution in [0.4, 0.5) is 4.79 Å². The maximum Gasteiger partial charge on any atom is 0.457 e. The van der Waals surface area contributed by atoms with Crippen LogP contribution in [0, 0.1) is 11.3 Å². The Kier molecular flexibility index (Phi) is 8.83. The highest BCUT2D eigenvalue weighted by atomic mass is 16.7. The average Bonchev–Trinajstić information content (AvgIpc) is 2.84. The summed E-state index contributed by atoms with van der Waals surface area (Å²) in [6, 6.07) is 0. The lowest BCUT2D eigenvalue weighted by Gasteiger charge is -2.60. The minimum Gasteiger partial charge on any atom is -0.465 e. The molecule has 0 aromatic heterocycles. The number of nitrogens with one attached hydrogen (secondary N) is 3. The molecule has 2 fully saturated rings. The second-order valence-corrected chi connectivity index (χ2v) is 14.2. The quantitative estimate of drug-likeness (QED) is 0.260. The Morgan fingerprint density at radius 3 is 1.84 bits per heavy atom. The Morgan fingerprint density at radius 1 is 0.919 bits per heavy atom. The van der Waals surface area contributed by atoms with Crippen LogP contribution in [0.2, 0.25) is 6.32 Å². The average molecular weight is 524 g/mol. The predicted octanol–water partition coefficient (Wildman–Crippen LogP) is 4.50. The molecule has 3 amide bonds. The van der Waals surface area contributed by atoms with Crippen LogP contribution in [0.1, 0.15) is 108 Å². The summed E-state index contributed by atoms with van der Waals surface area (Å²) in [5.74, 6) is -0.732. The Hall–Kier alpha value is -1.81. The first-order valence-corrected chi connectivity index (χ1v) is 13.5. The molecule has 212 valence electrons. The molecular weight excluding hydrogens is 473 g/mol. The monoisotopic (exact) mass is 523 g/mol. The van der Waals surface area contributed by atoms with Gasteiger partial charge in [-0.05, 0) is 85.4 Å². The van der Waals surface area contributed by atoms with Gasteiger partial charge in [-0.3, -0.25) is 9.59 Å². The van der Waals surface area contributed by atoms with Crippen molar-refractivity contribution in [1.29, 1.82) is 0 Å². The van der Waals surface area contributed by atoms with E-state index in [4.69, 9.17) is 9.31 Å². The number of amides is 3. The van der Waals surface area contributed by atoms with E-state index in [1.165, 1.54) is 6.92 Å². The van der Waals surface area contributed by atoms with Crippen molar-refractivity contribution in [3.05, 3.63) is 0 Å². The van der Waals surface area contributed by atoms with Crippen LogP contribution in [0.5, 0.6) is 0 Å². The molecule has 0 bridgehead atoms. The molecule has 1 saturated heterocycles. The molecule has 1 aliphatic carbocycles. The largest absolute Gasteiger partial charge is 0.465 e. The second kappa shape index (κ2) is 10.4. The lowest BCUT2D eigenvalue weighted by molar-refractivity contribution is -0.143. The van der Waals surface area contributed by atoms with Crippen molar-refractivity contribution in [2.45, 2.75) is 142 Å². The first kappa shape index (κ1) is 31.4. The van der Waals surface area contributed by atoms with Crippen LogP contribution in [0.15, 0.2) is 0 Å². The fraction of sp³-hybridized carbons (Fsp3) is 0.889. The van der Waals surface area contributed by atoms with Crippen molar-refractivity contribution in [2.75, 3.05) is 0 Å². The van der Waals surface area contributed by atoms with Gasteiger partial charge in [0.1, 0.15) is 5.54 Å².